The summed E-state index contributed by atoms with van der Waals surface area (Å²) in [4.78, 5) is 0.828. The van der Waals surface area contributed by atoms with E-state index >= 15 is 0 Å². The summed E-state index contributed by atoms with van der Waals surface area (Å²) < 4.78 is 0. The minimum Gasteiger partial charge on any atom is -0.155 e. The van der Waals surface area contributed by atoms with Crippen LogP contribution in [0.4, 0.5) is 0 Å². The van der Waals surface area contributed by atoms with Crippen LogP contribution in [0, 0.1) is 6.92 Å². The molecule has 0 saturated carbocycles. The van der Waals surface area contributed by atoms with E-state index in [0.29, 0.717) is 16.0 Å². The molecule has 0 fully saturated rings. The average molecular weight is 420 g/mol. The molecule has 0 spiro atoms. The molecule has 0 aliphatic heterocycles. The molecule has 1 aromatic carbocycles. The zero-order chi connectivity index (χ0) is 16.3. The lowest BCUT2D eigenvalue weighted by molar-refractivity contribution is 0.790. The van der Waals surface area contributed by atoms with Crippen molar-refractivity contribution in [2.45, 2.75) is 43.0 Å². The molecular formula is C16H17BrCl2N2S. The van der Waals surface area contributed by atoms with Crippen LogP contribution in [0.2, 0.25) is 10.0 Å². The molecule has 118 valence electrons. The highest BCUT2D eigenvalue weighted by Gasteiger charge is 2.13. The molecule has 0 N–H and O–H groups in total. The van der Waals surface area contributed by atoms with Crippen LogP contribution in [0.25, 0.3) is 0 Å². The maximum absolute atomic E-state index is 6.39. The Balaban J connectivity index is 2.33. The average Bonchev–Trinajstić information content (AvgIpc) is 2.44. The van der Waals surface area contributed by atoms with Gasteiger partial charge >= 0.3 is 0 Å². The van der Waals surface area contributed by atoms with Crippen molar-refractivity contribution < 1.29 is 0 Å². The van der Waals surface area contributed by atoms with Crippen LogP contribution in [0.1, 0.15) is 36.6 Å². The third-order valence-corrected chi connectivity index (χ3v) is 5.53. The minimum atomic E-state index is 0.405. The third kappa shape index (κ3) is 4.38. The van der Waals surface area contributed by atoms with E-state index in [-0.39, 0.29) is 0 Å². The van der Waals surface area contributed by atoms with Crippen molar-refractivity contribution in [3.05, 3.63) is 45.1 Å². The molecule has 0 bridgehead atoms. The number of aromatic nitrogens is 2. The molecule has 2 rings (SSSR count). The first-order valence-electron chi connectivity index (χ1n) is 6.98. The predicted octanol–water partition coefficient (Wildman–Crippen LogP) is 6.30. The van der Waals surface area contributed by atoms with E-state index in [1.54, 1.807) is 0 Å². The molecular weight excluding hydrogens is 403 g/mol. The van der Waals surface area contributed by atoms with E-state index in [4.69, 9.17) is 23.2 Å². The summed E-state index contributed by atoms with van der Waals surface area (Å²) >= 11 is 17.7. The molecule has 1 heterocycles. The van der Waals surface area contributed by atoms with Gasteiger partial charge in [-0.05, 0) is 48.6 Å². The number of nitrogens with zero attached hydrogens (tertiary/aromatic N) is 2. The first kappa shape index (κ1) is 18.1. The molecule has 0 amide bonds. The second-order valence-corrected chi connectivity index (χ2v) is 7.95. The lowest BCUT2D eigenvalue weighted by atomic mass is 10.0. The number of hydrogen-bond donors (Lipinski definition) is 0. The number of halogens is 3. The highest BCUT2D eigenvalue weighted by atomic mass is 79.9. The van der Waals surface area contributed by atoms with E-state index in [9.17, 15) is 0 Å². The molecule has 1 aromatic heterocycles. The van der Waals surface area contributed by atoms with E-state index in [0.717, 1.165) is 32.9 Å². The molecule has 6 heteroatoms. The summed E-state index contributed by atoms with van der Waals surface area (Å²) in [5, 5.41) is 11.5. The highest BCUT2D eigenvalue weighted by molar-refractivity contribution is 9.09. The summed E-state index contributed by atoms with van der Waals surface area (Å²) in [6, 6.07) is 5.99. The standard InChI is InChI=1S/C16H17BrCl2N2S/c1-9(2)12-8-15(21-20-10(12)3)22-16-13(18)6-11(4-5-17)7-14(16)19/h6-9H,4-5H2,1-3H3. The van der Waals surface area contributed by atoms with Crippen LogP contribution < -0.4 is 0 Å². The summed E-state index contributed by atoms with van der Waals surface area (Å²) in [6.45, 7) is 6.27. The maximum Gasteiger partial charge on any atom is 0.124 e. The van der Waals surface area contributed by atoms with Gasteiger partial charge in [0.2, 0.25) is 0 Å². The van der Waals surface area contributed by atoms with Crippen LogP contribution in [0.15, 0.2) is 28.1 Å². The van der Waals surface area contributed by atoms with Crippen LogP contribution in [-0.4, -0.2) is 15.5 Å². The van der Waals surface area contributed by atoms with Crippen LogP contribution >= 0.6 is 50.9 Å². The van der Waals surface area contributed by atoms with Gasteiger partial charge in [0.1, 0.15) is 5.03 Å². The normalized spacial score (nSPS) is 11.2. The van der Waals surface area contributed by atoms with Gasteiger partial charge in [-0.3, -0.25) is 0 Å². The van der Waals surface area contributed by atoms with Gasteiger partial charge in [0.05, 0.1) is 20.6 Å². The van der Waals surface area contributed by atoms with E-state index in [1.165, 1.54) is 17.3 Å². The Morgan fingerprint density at radius 3 is 2.32 bits per heavy atom. The first-order chi connectivity index (χ1) is 10.4. The number of aryl methyl sites for hydroxylation is 2. The summed E-state index contributed by atoms with van der Waals surface area (Å²) in [5.74, 6) is 0.405. The fraction of sp³-hybridized carbons (Fsp3) is 0.375. The van der Waals surface area contributed by atoms with Crippen LogP contribution in [0.3, 0.4) is 0 Å². The number of alkyl halides is 1. The Morgan fingerprint density at radius 1 is 1.14 bits per heavy atom. The topological polar surface area (TPSA) is 25.8 Å². The zero-order valence-electron chi connectivity index (χ0n) is 12.7. The van der Waals surface area contributed by atoms with E-state index in [2.05, 4.69) is 46.0 Å². The Kier molecular flexibility index (Phi) is 6.57. The molecule has 22 heavy (non-hydrogen) atoms. The van der Waals surface area contributed by atoms with Gasteiger partial charge in [0.25, 0.3) is 0 Å². The van der Waals surface area contributed by atoms with Crippen molar-refractivity contribution in [3.63, 3.8) is 0 Å². The quantitative estimate of drug-likeness (QED) is 0.531. The summed E-state index contributed by atoms with van der Waals surface area (Å²) in [6.07, 6.45) is 0.895. The minimum absolute atomic E-state index is 0.405. The Hall–Kier alpha value is -0.290. The van der Waals surface area contributed by atoms with Crippen molar-refractivity contribution in [2.24, 2.45) is 0 Å². The van der Waals surface area contributed by atoms with Crippen LogP contribution in [-0.2, 0) is 6.42 Å². The van der Waals surface area contributed by atoms with Crippen molar-refractivity contribution in [3.8, 4) is 0 Å². The number of benzene rings is 1. The Morgan fingerprint density at radius 2 is 1.77 bits per heavy atom. The Bertz CT molecular complexity index is 654. The van der Waals surface area contributed by atoms with Gasteiger partial charge in [0, 0.05) is 5.33 Å². The van der Waals surface area contributed by atoms with Crippen molar-refractivity contribution in [2.75, 3.05) is 5.33 Å². The highest BCUT2D eigenvalue weighted by Crippen LogP contribution is 2.39. The monoisotopic (exact) mass is 418 g/mol. The van der Waals surface area contributed by atoms with Crippen molar-refractivity contribution >= 4 is 50.9 Å². The van der Waals surface area contributed by atoms with E-state index < -0.39 is 0 Å². The largest absolute Gasteiger partial charge is 0.155 e. The SMILES string of the molecule is Cc1nnc(Sc2c(Cl)cc(CCBr)cc2Cl)cc1C(C)C. The Labute approximate surface area is 154 Å². The molecule has 0 aliphatic carbocycles. The number of hydrogen-bond acceptors (Lipinski definition) is 3. The molecule has 0 unspecified atom stereocenters. The van der Waals surface area contributed by atoms with Gasteiger partial charge in [-0.25, -0.2) is 0 Å². The lowest BCUT2D eigenvalue weighted by Crippen LogP contribution is -1.99. The van der Waals surface area contributed by atoms with E-state index in [1.807, 2.05) is 19.1 Å². The van der Waals surface area contributed by atoms with Crippen molar-refractivity contribution in [1.29, 1.82) is 0 Å². The number of rotatable bonds is 5. The van der Waals surface area contributed by atoms with Gasteiger partial charge in [-0.1, -0.05) is 64.7 Å². The lowest BCUT2D eigenvalue weighted by Gasteiger charge is -2.12. The molecule has 0 radical (unpaired) electrons. The van der Waals surface area contributed by atoms with Gasteiger partial charge in [-0.2, -0.15) is 5.10 Å². The first-order valence-corrected chi connectivity index (χ1v) is 9.67. The second kappa shape index (κ2) is 8.00. The summed E-state index contributed by atoms with van der Waals surface area (Å²) in [5.41, 5.74) is 3.28. The van der Waals surface area contributed by atoms with Crippen molar-refractivity contribution in [1.82, 2.24) is 10.2 Å². The van der Waals surface area contributed by atoms with Crippen LogP contribution in [0.5, 0.6) is 0 Å². The summed E-state index contributed by atoms with van der Waals surface area (Å²) in [7, 11) is 0. The van der Waals surface area contributed by atoms with Gasteiger partial charge in [-0.15, -0.1) is 5.10 Å². The third-order valence-electron chi connectivity index (χ3n) is 3.27. The predicted molar refractivity (Wildman–Crippen MR) is 98.9 cm³/mol. The second-order valence-electron chi connectivity index (χ2n) is 5.31. The molecule has 0 aliphatic rings. The maximum atomic E-state index is 6.39. The molecule has 2 aromatic rings. The molecule has 2 nitrogen and oxygen atoms in total. The molecule has 0 saturated heterocycles. The zero-order valence-corrected chi connectivity index (χ0v) is 16.6. The van der Waals surface area contributed by atoms with Gasteiger partial charge < -0.3 is 0 Å². The fourth-order valence-electron chi connectivity index (χ4n) is 2.15. The smallest absolute Gasteiger partial charge is 0.124 e. The fourth-order valence-corrected chi connectivity index (χ4v) is 4.16. The van der Waals surface area contributed by atoms with Gasteiger partial charge in [0.15, 0.2) is 0 Å². The molecule has 0 atom stereocenters.